The van der Waals surface area contributed by atoms with Crippen molar-refractivity contribution in [2.75, 3.05) is 64.7 Å². The number of methoxy groups -OCH3 is 1. The fourth-order valence-electron chi connectivity index (χ4n) is 3.13. The average molecular weight is 321 g/mol. The number of rotatable bonds is 10. The zero-order chi connectivity index (χ0) is 15.2. The van der Waals surface area contributed by atoms with Crippen LogP contribution in [-0.4, -0.2) is 73.2 Å². The largest absolute Gasteiger partial charge is 0.382 e. The van der Waals surface area contributed by atoms with Crippen LogP contribution >= 0.6 is 0 Å². The van der Waals surface area contributed by atoms with Crippen molar-refractivity contribution in [2.24, 2.45) is 11.3 Å². The molecule has 0 aromatic rings. The lowest BCUT2D eigenvalue weighted by Crippen LogP contribution is -2.58. The van der Waals surface area contributed by atoms with Crippen LogP contribution in [0.1, 0.15) is 12.8 Å². The van der Waals surface area contributed by atoms with Crippen LogP contribution in [0.5, 0.6) is 0 Å². The Bertz CT molecular complexity index is 408. The van der Waals surface area contributed by atoms with E-state index in [1.165, 1.54) is 0 Å². The molecule has 0 amide bonds. The summed E-state index contributed by atoms with van der Waals surface area (Å²) in [6.45, 7) is 4.86. The lowest BCUT2D eigenvalue weighted by molar-refractivity contribution is -0.00110. The Morgan fingerprint density at radius 2 is 1.76 bits per heavy atom. The van der Waals surface area contributed by atoms with E-state index in [0.29, 0.717) is 50.5 Å². The van der Waals surface area contributed by atoms with Crippen LogP contribution in [0.2, 0.25) is 0 Å². The van der Waals surface area contributed by atoms with Gasteiger partial charge in [-0.1, -0.05) is 0 Å². The first-order chi connectivity index (χ1) is 10.1. The smallest absolute Gasteiger partial charge is 0.150 e. The molecule has 1 atom stereocenters. The fourth-order valence-corrected chi connectivity index (χ4v) is 5.08. The molecule has 0 aromatic heterocycles. The quantitative estimate of drug-likeness (QED) is 0.575. The number of sulfone groups is 1. The molecule has 2 fully saturated rings. The molecular weight excluding hydrogens is 294 g/mol. The molecule has 2 heterocycles. The van der Waals surface area contributed by atoms with Crippen LogP contribution in [0.25, 0.3) is 0 Å². The summed E-state index contributed by atoms with van der Waals surface area (Å²) in [5, 5.41) is 3.29. The van der Waals surface area contributed by atoms with Crippen LogP contribution in [0.4, 0.5) is 0 Å². The summed E-state index contributed by atoms with van der Waals surface area (Å²) in [4.78, 5) is 0. The number of hydrogen-bond donors (Lipinski definition) is 1. The summed E-state index contributed by atoms with van der Waals surface area (Å²) < 4.78 is 39.1. The SMILES string of the molecule is COCCOCCOCCC1(C2CCS(=O)(=O)C2)CNC1. The molecule has 1 N–H and O–H groups in total. The fraction of sp³-hybridized carbons (Fsp3) is 1.00. The van der Waals surface area contributed by atoms with Gasteiger partial charge in [0.05, 0.1) is 37.9 Å². The second-order valence-corrected chi connectivity index (χ2v) is 8.26. The van der Waals surface area contributed by atoms with Crippen molar-refractivity contribution in [2.45, 2.75) is 12.8 Å². The molecule has 124 valence electrons. The Balaban J connectivity index is 1.62. The van der Waals surface area contributed by atoms with Crippen LogP contribution in [0.15, 0.2) is 0 Å². The van der Waals surface area contributed by atoms with Crippen molar-refractivity contribution in [1.29, 1.82) is 0 Å². The Morgan fingerprint density at radius 3 is 2.29 bits per heavy atom. The van der Waals surface area contributed by atoms with Gasteiger partial charge in [-0.05, 0) is 18.8 Å². The minimum absolute atomic E-state index is 0.125. The molecule has 0 aliphatic carbocycles. The van der Waals surface area contributed by atoms with Crippen molar-refractivity contribution < 1.29 is 22.6 Å². The first-order valence-electron chi connectivity index (χ1n) is 7.64. The van der Waals surface area contributed by atoms with E-state index in [1.54, 1.807) is 7.11 Å². The Morgan fingerprint density at radius 1 is 1.10 bits per heavy atom. The molecular formula is C14H27NO5S. The number of ether oxygens (including phenoxy) is 3. The average Bonchev–Trinajstić information content (AvgIpc) is 2.76. The van der Waals surface area contributed by atoms with Gasteiger partial charge in [0.2, 0.25) is 0 Å². The third kappa shape index (κ3) is 4.89. The number of nitrogens with one attached hydrogen (secondary N) is 1. The van der Waals surface area contributed by atoms with Gasteiger partial charge in [0.15, 0.2) is 9.84 Å². The maximum absolute atomic E-state index is 11.7. The molecule has 0 aromatic carbocycles. The molecule has 0 radical (unpaired) electrons. The second kappa shape index (κ2) is 7.87. The topological polar surface area (TPSA) is 73.9 Å². The normalized spacial score (nSPS) is 26.6. The molecule has 1 unspecified atom stereocenters. The summed E-state index contributed by atoms with van der Waals surface area (Å²) in [5.41, 5.74) is 0.125. The molecule has 2 rings (SSSR count). The summed E-state index contributed by atoms with van der Waals surface area (Å²) in [5.74, 6) is 1.01. The molecule has 7 heteroatoms. The zero-order valence-corrected chi connectivity index (χ0v) is 13.6. The minimum atomic E-state index is -2.80. The summed E-state index contributed by atoms with van der Waals surface area (Å²) in [6, 6.07) is 0. The van der Waals surface area contributed by atoms with Crippen LogP contribution in [0, 0.1) is 11.3 Å². The van der Waals surface area contributed by atoms with E-state index < -0.39 is 9.84 Å². The molecule has 21 heavy (non-hydrogen) atoms. The molecule has 0 bridgehead atoms. The van der Waals surface area contributed by atoms with Crippen LogP contribution in [-0.2, 0) is 24.0 Å². The highest BCUT2D eigenvalue weighted by Crippen LogP contribution is 2.41. The maximum Gasteiger partial charge on any atom is 0.150 e. The van der Waals surface area contributed by atoms with Gasteiger partial charge in [0.1, 0.15) is 0 Å². The standard InChI is InChI=1S/C14H27NO5S/c1-18-5-6-20-8-7-19-4-3-14(11-15-12-14)13-2-9-21(16,17)10-13/h13,15H,2-12H2,1H3. The van der Waals surface area contributed by atoms with E-state index >= 15 is 0 Å². The van der Waals surface area contributed by atoms with Gasteiger partial charge in [-0.15, -0.1) is 0 Å². The highest BCUT2D eigenvalue weighted by Gasteiger charge is 2.47. The van der Waals surface area contributed by atoms with E-state index in [0.717, 1.165) is 25.9 Å². The van der Waals surface area contributed by atoms with E-state index in [9.17, 15) is 8.42 Å². The van der Waals surface area contributed by atoms with Gasteiger partial charge in [0, 0.05) is 32.2 Å². The molecule has 2 aliphatic heterocycles. The van der Waals surface area contributed by atoms with Crippen molar-refractivity contribution >= 4 is 9.84 Å². The molecule has 0 saturated carbocycles. The predicted molar refractivity (Wildman–Crippen MR) is 80.2 cm³/mol. The van der Waals surface area contributed by atoms with Crippen molar-refractivity contribution in [1.82, 2.24) is 5.32 Å². The predicted octanol–water partition coefficient (Wildman–Crippen LogP) is 0.0804. The van der Waals surface area contributed by atoms with Crippen molar-refractivity contribution in [3.8, 4) is 0 Å². The van der Waals surface area contributed by atoms with E-state index in [-0.39, 0.29) is 5.41 Å². The third-order valence-corrected chi connectivity index (χ3v) is 6.37. The van der Waals surface area contributed by atoms with Gasteiger partial charge >= 0.3 is 0 Å². The van der Waals surface area contributed by atoms with E-state index in [1.807, 2.05) is 0 Å². The van der Waals surface area contributed by atoms with Crippen LogP contribution in [0.3, 0.4) is 0 Å². The van der Waals surface area contributed by atoms with Crippen molar-refractivity contribution in [3.63, 3.8) is 0 Å². The minimum Gasteiger partial charge on any atom is -0.382 e. The summed E-state index contributed by atoms with van der Waals surface area (Å²) in [6.07, 6.45) is 1.74. The Kier molecular flexibility index (Phi) is 6.43. The lowest BCUT2D eigenvalue weighted by atomic mass is 9.68. The first kappa shape index (κ1) is 17.1. The highest BCUT2D eigenvalue weighted by atomic mass is 32.2. The monoisotopic (exact) mass is 321 g/mol. The molecule has 2 saturated heterocycles. The lowest BCUT2D eigenvalue weighted by Gasteiger charge is -2.47. The van der Waals surface area contributed by atoms with Gasteiger partial charge in [-0.3, -0.25) is 0 Å². The third-order valence-electron chi connectivity index (χ3n) is 4.60. The van der Waals surface area contributed by atoms with Crippen LogP contribution < -0.4 is 5.32 Å². The first-order valence-corrected chi connectivity index (χ1v) is 9.46. The summed E-state index contributed by atoms with van der Waals surface area (Å²) >= 11 is 0. The molecule has 6 nitrogen and oxygen atoms in total. The highest BCUT2D eigenvalue weighted by molar-refractivity contribution is 7.91. The molecule has 2 aliphatic rings. The maximum atomic E-state index is 11.7. The number of hydrogen-bond acceptors (Lipinski definition) is 6. The Labute approximate surface area is 127 Å². The van der Waals surface area contributed by atoms with Gasteiger partial charge in [0.25, 0.3) is 0 Å². The van der Waals surface area contributed by atoms with Gasteiger partial charge in [-0.25, -0.2) is 8.42 Å². The van der Waals surface area contributed by atoms with Gasteiger partial charge in [-0.2, -0.15) is 0 Å². The van der Waals surface area contributed by atoms with E-state index in [2.05, 4.69) is 5.32 Å². The zero-order valence-electron chi connectivity index (χ0n) is 12.8. The van der Waals surface area contributed by atoms with Crippen molar-refractivity contribution in [3.05, 3.63) is 0 Å². The Hall–Kier alpha value is -0.210. The second-order valence-electron chi connectivity index (χ2n) is 6.03. The molecule has 0 spiro atoms. The summed E-state index contributed by atoms with van der Waals surface area (Å²) in [7, 11) is -1.16. The van der Waals surface area contributed by atoms with Gasteiger partial charge < -0.3 is 19.5 Å². The van der Waals surface area contributed by atoms with E-state index in [4.69, 9.17) is 14.2 Å².